The highest BCUT2D eigenvalue weighted by atomic mass is 127. The predicted molar refractivity (Wildman–Crippen MR) is 99.4 cm³/mol. The third kappa shape index (κ3) is 5.19. The maximum Gasteiger partial charge on any atom is 0.195 e. The molecule has 0 atom stereocenters. The van der Waals surface area contributed by atoms with Gasteiger partial charge in [-0.15, -0.1) is 24.0 Å². The van der Waals surface area contributed by atoms with Crippen LogP contribution in [-0.4, -0.2) is 58.0 Å². The molecule has 0 N–H and O–H groups in total. The smallest absolute Gasteiger partial charge is 0.195 e. The van der Waals surface area contributed by atoms with Crippen molar-refractivity contribution in [2.75, 3.05) is 47.2 Å². The zero-order valence-corrected chi connectivity index (χ0v) is 16.0. The monoisotopic (exact) mass is 390 g/mol. The molecule has 4 nitrogen and oxygen atoms in total. The lowest BCUT2D eigenvalue weighted by Gasteiger charge is -2.23. The minimum Gasteiger partial charge on any atom is -0.378 e. The number of halogens is 1. The molecular formula is C15H27IN4. The van der Waals surface area contributed by atoms with Gasteiger partial charge in [-0.05, 0) is 30.2 Å². The lowest BCUT2D eigenvalue weighted by Crippen LogP contribution is -2.35. The number of anilines is 1. The van der Waals surface area contributed by atoms with Gasteiger partial charge in [0.2, 0.25) is 0 Å². The van der Waals surface area contributed by atoms with Gasteiger partial charge in [-0.3, -0.25) is 0 Å². The van der Waals surface area contributed by atoms with Crippen molar-refractivity contribution in [2.45, 2.75) is 13.5 Å². The molecule has 1 rings (SSSR count). The van der Waals surface area contributed by atoms with Crippen LogP contribution in [0.15, 0.2) is 23.2 Å². The highest BCUT2D eigenvalue weighted by Gasteiger charge is 2.05. The van der Waals surface area contributed by atoms with Crippen LogP contribution in [0.1, 0.15) is 11.1 Å². The molecule has 0 radical (unpaired) electrons. The zero-order valence-electron chi connectivity index (χ0n) is 13.6. The van der Waals surface area contributed by atoms with E-state index in [1.54, 1.807) is 0 Å². The molecule has 1 aromatic carbocycles. The Morgan fingerprint density at radius 1 is 1.00 bits per heavy atom. The van der Waals surface area contributed by atoms with Crippen LogP contribution in [-0.2, 0) is 6.54 Å². The number of rotatable bonds is 3. The van der Waals surface area contributed by atoms with E-state index < -0.39 is 0 Å². The molecule has 0 aliphatic rings. The van der Waals surface area contributed by atoms with Gasteiger partial charge in [-0.1, -0.05) is 6.07 Å². The van der Waals surface area contributed by atoms with Crippen molar-refractivity contribution < 1.29 is 0 Å². The molecule has 0 aliphatic carbocycles. The van der Waals surface area contributed by atoms with E-state index in [1.807, 2.05) is 38.0 Å². The van der Waals surface area contributed by atoms with E-state index in [-0.39, 0.29) is 24.0 Å². The molecule has 0 bridgehead atoms. The Labute approximate surface area is 140 Å². The van der Waals surface area contributed by atoms with Crippen molar-refractivity contribution in [1.29, 1.82) is 0 Å². The number of hydrogen-bond donors (Lipinski definition) is 0. The molecule has 114 valence electrons. The molecule has 0 unspecified atom stereocenters. The first-order valence-corrected chi connectivity index (χ1v) is 6.49. The Morgan fingerprint density at radius 2 is 1.55 bits per heavy atom. The van der Waals surface area contributed by atoms with Crippen molar-refractivity contribution in [3.8, 4) is 0 Å². The first-order valence-electron chi connectivity index (χ1n) is 6.49. The van der Waals surface area contributed by atoms with Crippen molar-refractivity contribution in [2.24, 2.45) is 4.99 Å². The summed E-state index contributed by atoms with van der Waals surface area (Å²) >= 11 is 0. The third-order valence-corrected chi connectivity index (χ3v) is 3.03. The second-order valence-electron chi connectivity index (χ2n) is 5.41. The summed E-state index contributed by atoms with van der Waals surface area (Å²) in [6, 6.07) is 6.51. The van der Waals surface area contributed by atoms with E-state index >= 15 is 0 Å². The van der Waals surface area contributed by atoms with Gasteiger partial charge in [0.25, 0.3) is 0 Å². The van der Waals surface area contributed by atoms with Gasteiger partial charge < -0.3 is 14.7 Å². The molecule has 0 amide bonds. The number of guanidine groups is 1. The first kappa shape index (κ1) is 19.0. The summed E-state index contributed by atoms with van der Waals surface area (Å²) in [4.78, 5) is 10.9. The Balaban J connectivity index is 0.00000361. The largest absolute Gasteiger partial charge is 0.378 e. The quantitative estimate of drug-likeness (QED) is 0.450. The molecule has 0 aromatic heterocycles. The summed E-state index contributed by atoms with van der Waals surface area (Å²) < 4.78 is 0. The van der Waals surface area contributed by atoms with E-state index in [0.29, 0.717) is 6.54 Å². The van der Waals surface area contributed by atoms with Crippen LogP contribution < -0.4 is 4.90 Å². The number of aliphatic imine (C=N–C) groups is 1. The lowest BCUT2D eigenvalue weighted by atomic mass is 10.1. The Kier molecular flexibility index (Phi) is 7.93. The van der Waals surface area contributed by atoms with Crippen LogP contribution in [0.5, 0.6) is 0 Å². The molecule has 20 heavy (non-hydrogen) atoms. The van der Waals surface area contributed by atoms with Gasteiger partial charge in [0.15, 0.2) is 5.96 Å². The van der Waals surface area contributed by atoms with Gasteiger partial charge in [0, 0.05) is 48.0 Å². The summed E-state index contributed by atoms with van der Waals surface area (Å²) in [6.45, 7) is 2.86. The molecule has 5 heteroatoms. The lowest BCUT2D eigenvalue weighted by molar-refractivity contribution is 0.479. The van der Waals surface area contributed by atoms with E-state index in [1.165, 1.54) is 16.8 Å². The standard InChI is InChI=1S/C15H26N4.HI/c1-12-10-14(17(2)3)9-8-13(12)11-16-15(18(4)5)19(6)7;/h8-10H,11H2,1-7H3;1H. The highest BCUT2D eigenvalue weighted by molar-refractivity contribution is 14.0. The van der Waals surface area contributed by atoms with Crippen LogP contribution in [0.2, 0.25) is 0 Å². The van der Waals surface area contributed by atoms with Crippen molar-refractivity contribution >= 4 is 35.6 Å². The maximum absolute atomic E-state index is 4.68. The van der Waals surface area contributed by atoms with Crippen LogP contribution >= 0.6 is 24.0 Å². The van der Waals surface area contributed by atoms with Gasteiger partial charge in [-0.2, -0.15) is 0 Å². The second-order valence-corrected chi connectivity index (χ2v) is 5.41. The minimum absolute atomic E-state index is 0. The maximum atomic E-state index is 4.68. The average Bonchev–Trinajstić information content (AvgIpc) is 2.29. The van der Waals surface area contributed by atoms with E-state index in [0.717, 1.165) is 5.96 Å². The van der Waals surface area contributed by atoms with Crippen molar-refractivity contribution in [3.05, 3.63) is 29.3 Å². The summed E-state index contributed by atoms with van der Waals surface area (Å²) in [5.41, 5.74) is 3.78. The highest BCUT2D eigenvalue weighted by Crippen LogP contribution is 2.18. The fourth-order valence-electron chi connectivity index (χ4n) is 1.97. The van der Waals surface area contributed by atoms with E-state index in [2.05, 4.69) is 49.1 Å². The van der Waals surface area contributed by atoms with Gasteiger partial charge in [-0.25, -0.2) is 4.99 Å². The van der Waals surface area contributed by atoms with Crippen LogP contribution in [0.25, 0.3) is 0 Å². The molecule has 0 spiro atoms. The van der Waals surface area contributed by atoms with Gasteiger partial charge in [0.05, 0.1) is 6.54 Å². The Hall–Kier alpha value is -0.980. The second kappa shape index (κ2) is 8.34. The summed E-state index contributed by atoms with van der Waals surface area (Å²) in [5, 5.41) is 0. The fraction of sp³-hybridized carbons (Fsp3) is 0.533. The SMILES string of the molecule is Cc1cc(N(C)C)ccc1CN=C(N(C)C)N(C)C.I. The van der Waals surface area contributed by atoms with E-state index in [4.69, 9.17) is 0 Å². The minimum atomic E-state index is 0. The van der Waals surface area contributed by atoms with Crippen molar-refractivity contribution in [3.63, 3.8) is 0 Å². The van der Waals surface area contributed by atoms with Crippen LogP contribution in [0, 0.1) is 6.92 Å². The summed E-state index contributed by atoms with van der Waals surface area (Å²) in [5.74, 6) is 0.982. The zero-order chi connectivity index (χ0) is 14.6. The molecule has 0 aliphatic heterocycles. The molecule has 1 aromatic rings. The summed E-state index contributed by atoms with van der Waals surface area (Å²) in [6.07, 6.45) is 0. The number of hydrogen-bond acceptors (Lipinski definition) is 2. The molecule has 0 saturated carbocycles. The Bertz CT molecular complexity index is 443. The number of nitrogens with zero attached hydrogens (tertiary/aromatic N) is 4. The Morgan fingerprint density at radius 3 is 1.95 bits per heavy atom. The third-order valence-electron chi connectivity index (χ3n) is 3.03. The normalized spacial score (nSPS) is 9.55. The first-order chi connectivity index (χ1) is 8.82. The predicted octanol–water partition coefficient (Wildman–Crippen LogP) is 2.66. The number of aryl methyl sites for hydroxylation is 1. The average molecular weight is 390 g/mol. The fourth-order valence-corrected chi connectivity index (χ4v) is 1.97. The number of benzene rings is 1. The van der Waals surface area contributed by atoms with Crippen LogP contribution in [0.3, 0.4) is 0 Å². The van der Waals surface area contributed by atoms with Crippen LogP contribution in [0.4, 0.5) is 5.69 Å². The summed E-state index contributed by atoms with van der Waals surface area (Å²) in [7, 11) is 12.2. The molecule has 0 heterocycles. The molecule has 0 saturated heterocycles. The topological polar surface area (TPSA) is 22.1 Å². The molecule has 0 fully saturated rings. The van der Waals surface area contributed by atoms with Gasteiger partial charge >= 0.3 is 0 Å². The molecular weight excluding hydrogens is 363 g/mol. The van der Waals surface area contributed by atoms with Gasteiger partial charge in [0.1, 0.15) is 0 Å². The van der Waals surface area contributed by atoms with Crippen molar-refractivity contribution in [1.82, 2.24) is 9.80 Å². The van der Waals surface area contributed by atoms with E-state index in [9.17, 15) is 0 Å².